The zero-order valence-corrected chi connectivity index (χ0v) is 19.7. The number of sulfonamides is 1. The van der Waals surface area contributed by atoms with Gasteiger partial charge in [-0.3, -0.25) is 4.79 Å². The number of nitrogens with one attached hydrogen (secondary N) is 1. The van der Waals surface area contributed by atoms with E-state index in [9.17, 15) is 13.2 Å². The topological polar surface area (TPSA) is 84.9 Å². The van der Waals surface area contributed by atoms with Crippen molar-refractivity contribution in [3.05, 3.63) is 54.1 Å². The Morgan fingerprint density at radius 2 is 1.65 bits per heavy atom. The van der Waals surface area contributed by atoms with Gasteiger partial charge < -0.3 is 14.4 Å². The van der Waals surface area contributed by atoms with Crippen LogP contribution < -0.4 is 14.2 Å². The molecular formula is C23H32N2O5S. The van der Waals surface area contributed by atoms with Gasteiger partial charge in [0.15, 0.2) is 11.5 Å². The lowest BCUT2D eigenvalue weighted by Crippen LogP contribution is -2.34. The molecule has 0 saturated heterocycles. The second-order valence-electron chi connectivity index (χ2n) is 8.24. The molecule has 2 rings (SSSR count). The van der Waals surface area contributed by atoms with Crippen molar-refractivity contribution in [1.82, 2.24) is 9.62 Å². The van der Waals surface area contributed by atoms with E-state index in [0.29, 0.717) is 24.7 Å². The highest BCUT2D eigenvalue weighted by atomic mass is 32.2. The van der Waals surface area contributed by atoms with E-state index in [1.165, 1.54) is 4.90 Å². The number of para-hydroxylation sites is 2. The Bertz CT molecular complexity index is 966. The molecule has 170 valence electrons. The number of hydrogen-bond donors (Lipinski definition) is 1. The Hall–Kier alpha value is -2.58. The molecule has 0 fully saturated rings. The average molecular weight is 449 g/mol. The minimum absolute atomic E-state index is 0.0277. The Kier molecular flexibility index (Phi) is 8.47. The third kappa shape index (κ3) is 7.25. The van der Waals surface area contributed by atoms with Gasteiger partial charge in [-0.05, 0) is 35.2 Å². The molecule has 0 atom stereocenters. The van der Waals surface area contributed by atoms with Crippen LogP contribution in [-0.4, -0.2) is 53.1 Å². The number of hydrogen-bond acceptors (Lipinski definition) is 5. The van der Waals surface area contributed by atoms with Crippen LogP contribution in [0.15, 0.2) is 53.4 Å². The van der Waals surface area contributed by atoms with Crippen LogP contribution in [0.5, 0.6) is 11.5 Å². The summed E-state index contributed by atoms with van der Waals surface area (Å²) < 4.78 is 38.3. The molecule has 0 unspecified atom stereocenters. The molecule has 0 saturated carbocycles. The maximum absolute atomic E-state index is 12.5. The summed E-state index contributed by atoms with van der Waals surface area (Å²) in [6, 6.07) is 14.1. The molecule has 31 heavy (non-hydrogen) atoms. The Balaban J connectivity index is 1.79. The second-order valence-corrected chi connectivity index (χ2v) is 10.0. The number of nitrogens with zero attached hydrogens (tertiary/aromatic N) is 1. The van der Waals surface area contributed by atoms with Crippen LogP contribution in [0.4, 0.5) is 0 Å². The summed E-state index contributed by atoms with van der Waals surface area (Å²) in [5, 5.41) is 0. The van der Waals surface area contributed by atoms with Crippen molar-refractivity contribution in [2.24, 2.45) is 0 Å². The van der Waals surface area contributed by atoms with E-state index in [-0.39, 0.29) is 29.2 Å². The van der Waals surface area contributed by atoms with Gasteiger partial charge in [-0.25, -0.2) is 13.1 Å². The standard InChI is InChI=1S/C23H32N2O5S/c1-23(2,3)18-10-12-19(13-11-18)31(27,28)24-15-14-22(26)25(4)16-17-30-21-9-7-6-8-20(21)29-5/h6-13,24H,14-17H2,1-5H3. The van der Waals surface area contributed by atoms with Gasteiger partial charge in [-0.15, -0.1) is 0 Å². The van der Waals surface area contributed by atoms with Gasteiger partial charge in [0.1, 0.15) is 6.61 Å². The first-order valence-electron chi connectivity index (χ1n) is 10.1. The highest BCUT2D eigenvalue weighted by Gasteiger charge is 2.18. The van der Waals surface area contributed by atoms with Crippen molar-refractivity contribution in [3.8, 4) is 11.5 Å². The van der Waals surface area contributed by atoms with Gasteiger partial charge in [0.25, 0.3) is 0 Å². The number of carbonyl (C=O) groups excluding carboxylic acids is 1. The van der Waals surface area contributed by atoms with E-state index < -0.39 is 10.0 Å². The summed E-state index contributed by atoms with van der Waals surface area (Å²) in [4.78, 5) is 14.0. The summed E-state index contributed by atoms with van der Waals surface area (Å²) in [5.41, 5.74) is 1.00. The first-order chi connectivity index (χ1) is 14.5. The van der Waals surface area contributed by atoms with Gasteiger partial charge in [-0.2, -0.15) is 0 Å². The van der Waals surface area contributed by atoms with Crippen LogP contribution in [0.3, 0.4) is 0 Å². The van der Waals surface area contributed by atoms with Crippen molar-refractivity contribution in [2.75, 3.05) is 33.9 Å². The van der Waals surface area contributed by atoms with E-state index in [4.69, 9.17) is 9.47 Å². The lowest BCUT2D eigenvalue weighted by molar-refractivity contribution is -0.130. The predicted molar refractivity (Wildman–Crippen MR) is 121 cm³/mol. The number of likely N-dealkylation sites (N-methyl/N-ethyl adjacent to an activating group) is 1. The molecule has 0 aliphatic carbocycles. The fraction of sp³-hybridized carbons (Fsp3) is 0.435. The highest BCUT2D eigenvalue weighted by molar-refractivity contribution is 7.89. The quantitative estimate of drug-likeness (QED) is 0.603. The normalized spacial score (nSPS) is 11.8. The van der Waals surface area contributed by atoms with Crippen molar-refractivity contribution in [3.63, 3.8) is 0 Å². The Morgan fingerprint density at radius 1 is 1.03 bits per heavy atom. The molecular weight excluding hydrogens is 416 g/mol. The molecule has 0 bridgehead atoms. The van der Waals surface area contributed by atoms with E-state index >= 15 is 0 Å². The minimum Gasteiger partial charge on any atom is -0.493 e. The van der Waals surface area contributed by atoms with Gasteiger partial charge in [-0.1, -0.05) is 45.0 Å². The number of ether oxygens (including phenoxy) is 2. The SMILES string of the molecule is COc1ccccc1OCCN(C)C(=O)CCNS(=O)(=O)c1ccc(C(C)(C)C)cc1. The van der Waals surface area contributed by atoms with Crippen LogP contribution in [0.1, 0.15) is 32.8 Å². The molecule has 1 N–H and O–H groups in total. The summed E-state index contributed by atoms with van der Waals surface area (Å²) in [6.45, 7) is 6.90. The van der Waals surface area contributed by atoms with Crippen LogP contribution in [0.2, 0.25) is 0 Å². The molecule has 7 nitrogen and oxygen atoms in total. The lowest BCUT2D eigenvalue weighted by Gasteiger charge is -2.19. The van der Waals surface area contributed by atoms with Crippen LogP contribution in [0, 0.1) is 0 Å². The molecule has 0 aliphatic heterocycles. The number of benzene rings is 2. The Morgan fingerprint density at radius 3 is 2.23 bits per heavy atom. The lowest BCUT2D eigenvalue weighted by atomic mass is 9.87. The van der Waals surface area contributed by atoms with Crippen LogP contribution in [0.25, 0.3) is 0 Å². The summed E-state index contributed by atoms with van der Waals surface area (Å²) in [5.74, 6) is 1.06. The zero-order chi connectivity index (χ0) is 23.1. The molecule has 2 aromatic rings. The molecule has 0 radical (unpaired) electrons. The molecule has 8 heteroatoms. The largest absolute Gasteiger partial charge is 0.493 e. The summed E-state index contributed by atoms with van der Waals surface area (Å²) in [6.07, 6.45) is 0.0600. The van der Waals surface area contributed by atoms with Crippen molar-refractivity contribution >= 4 is 15.9 Å². The predicted octanol–water partition coefficient (Wildman–Crippen LogP) is 3.20. The van der Waals surface area contributed by atoms with Crippen molar-refractivity contribution in [2.45, 2.75) is 37.5 Å². The molecule has 2 aromatic carbocycles. The van der Waals surface area contributed by atoms with E-state index in [0.717, 1.165) is 5.56 Å². The monoisotopic (exact) mass is 448 g/mol. The van der Waals surface area contributed by atoms with E-state index in [2.05, 4.69) is 25.5 Å². The number of methoxy groups -OCH3 is 1. The van der Waals surface area contributed by atoms with E-state index in [1.807, 2.05) is 24.3 Å². The molecule has 1 amide bonds. The second kappa shape index (κ2) is 10.6. The van der Waals surface area contributed by atoms with Gasteiger partial charge in [0, 0.05) is 20.0 Å². The van der Waals surface area contributed by atoms with Gasteiger partial charge >= 0.3 is 0 Å². The third-order valence-corrected chi connectivity index (χ3v) is 6.32. The van der Waals surface area contributed by atoms with Gasteiger partial charge in [0.05, 0.1) is 18.6 Å². The van der Waals surface area contributed by atoms with E-state index in [1.54, 1.807) is 38.4 Å². The van der Waals surface area contributed by atoms with Gasteiger partial charge in [0.2, 0.25) is 15.9 Å². The highest BCUT2D eigenvalue weighted by Crippen LogP contribution is 2.25. The summed E-state index contributed by atoms with van der Waals surface area (Å²) >= 11 is 0. The average Bonchev–Trinajstić information content (AvgIpc) is 2.73. The smallest absolute Gasteiger partial charge is 0.240 e. The number of rotatable bonds is 10. The fourth-order valence-corrected chi connectivity index (χ4v) is 3.89. The molecule has 0 aromatic heterocycles. The number of amides is 1. The molecule has 0 spiro atoms. The van der Waals surface area contributed by atoms with Crippen molar-refractivity contribution < 1.29 is 22.7 Å². The first-order valence-corrected chi connectivity index (χ1v) is 11.6. The van der Waals surface area contributed by atoms with Crippen LogP contribution in [-0.2, 0) is 20.2 Å². The third-order valence-electron chi connectivity index (χ3n) is 4.84. The minimum atomic E-state index is -3.66. The fourth-order valence-electron chi connectivity index (χ4n) is 2.86. The van der Waals surface area contributed by atoms with Crippen molar-refractivity contribution in [1.29, 1.82) is 0 Å². The molecule has 0 heterocycles. The summed E-state index contributed by atoms with van der Waals surface area (Å²) in [7, 11) is -0.436. The van der Waals surface area contributed by atoms with Crippen LogP contribution >= 0.6 is 0 Å². The maximum atomic E-state index is 12.5. The molecule has 0 aliphatic rings. The number of carbonyl (C=O) groups is 1. The first kappa shape index (κ1) is 24.7. The maximum Gasteiger partial charge on any atom is 0.240 e. The zero-order valence-electron chi connectivity index (χ0n) is 18.8. The Labute approximate surface area is 185 Å².